The highest BCUT2D eigenvalue weighted by atomic mass is 16.3. The molecule has 2 amide bonds. The molecule has 1 N–H and O–H groups in total. The third-order valence-electron chi connectivity index (χ3n) is 2.81. The Morgan fingerprint density at radius 1 is 1.06 bits per heavy atom. The average molecular weight is 228 g/mol. The number of carbonyl (C=O) groups is 2. The Bertz CT molecular complexity index is 256. The van der Waals surface area contributed by atoms with Crippen LogP contribution in [0, 0.1) is 0 Å². The lowest BCUT2D eigenvalue weighted by molar-refractivity contribution is -0.148. The smallest absolute Gasteiger partial charge is 0.242 e. The van der Waals surface area contributed by atoms with Gasteiger partial charge in [-0.05, 0) is 12.8 Å². The first kappa shape index (κ1) is 13.0. The Kier molecular flexibility index (Phi) is 5.25. The zero-order valence-electron chi connectivity index (χ0n) is 9.81. The number of hydrogen-bond acceptors (Lipinski definition) is 3. The van der Waals surface area contributed by atoms with Crippen LogP contribution in [0.3, 0.4) is 0 Å². The van der Waals surface area contributed by atoms with Gasteiger partial charge in [0, 0.05) is 20.2 Å². The molecule has 5 heteroatoms. The van der Waals surface area contributed by atoms with Crippen molar-refractivity contribution in [2.75, 3.05) is 33.3 Å². The van der Waals surface area contributed by atoms with E-state index in [0.29, 0.717) is 6.54 Å². The third kappa shape index (κ3) is 3.81. The zero-order valence-corrected chi connectivity index (χ0v) is 9.81. The van der Waals surface area contributed by atoms with Crippen LogP contribution in [0.5, 0.6) is 0 Å². The lowest BCUT2D eigenvalue weighted by atomic mass is 10.2. The average Bonchev–Trinajstić information content (AvgIpc) is 2.25. The molecule has 0 aliphatic carbocycles. The summed E-state index contributed by atoms with van der Waals surface area (Å²) in [5.41, 5.74) is 0. The SMILES string of the molecule is CN1CC(=O)N(CCCCCCO)CC1=O. The summed E-state index contributed by atoms with van der Waals surface area (Å²) in [4.78, 5) is 26.0. The molecular formula is C11H20N2O3. The molecule has 0 unspecified atom stereocenters. The van der Waals surface area contributed by atoms with Crippen LogP contribution in [0.4, 0.5) is 0 Å². The molecule has 1 fully saturated rings. The molecule has 92 valence electrons. The minimum absolute atomic E-state index is 0.00922. The number of rotatable bonds is 6. The molecule has 5 nitrogen and oxygen atoms in total. The lowest BCUT2D eigenvalue weighted by Crippen LogP contribution is -2.52. The van der Waals surface area contributed by atoms with Crippen molar-refractivity contribution in [2.45, 2.75) is 25.7 Å². The Balaban J connectivity index is 2.21. The molecular weight excluding hydrogens is 208 g/mol. The van der Waals surface area contributed by atoms with E-state index < -0.39 is 0 Å². The maximum Gasteiger partial charge on any atom is 0.242 e. The van der Waals surface area contributed by atoms with Gasteiger partial charge in [0.2, 0.25) is 11.8 Å². The van der Waals surface area contributed by atoms with Gasteiger partial charge in [-0.2, -0.15) is 0 Å². The van der Waals surface area contributed by atoms with Crippen molar-refractivity contribution in [3.05, 3.63) is 0 Å². The first-order valence-electron chi connectivity index (χ1n) is 5.77. The fraction of sp³-hybridized carbons (Fsp3) is 0.818. The summed E-state index contributed by atoms with van der Waals surface area (Å²) >= 11 is 0. The van der Waals surface area contributed by atoms with Gasteiger partial charge in [-0.15, -0.1) is 0 Å². The number of carbonyl (C=O) groups excluding carboxylic acids is 2. The van der Waals surface area contributed by atoms with Crippen LogP contribution in [0.25, 0.3) is 0 Å². The van der Waals surface area contributed by atoms with Gasteiger partial charge < -0.3 is 14.9 Å². The normalized spacial score (nSPS) is 17.1. The minimum Gasteiger partial charge on any atom is -0.396 e. The molecule has 1 heterocycles. The summed E-state index contributed by atoms with van der Waals surface area (Å²) < 4.78 is 0. The molecule has 1 aliphatic heterocycles. The van der Waals surface area contributed by atoms with Crippen molar-refractivity contribution in [2.24, 2.45) is 0 Å². The van der Waals surface area contributed by atoms with Crippen molar-refractivity contribution in [1.29, 1.82) is 0 Å². The van der Waals surface area contributed by atoms with E-state index in [1.165, 1.54) is 4.90 Å². The fourth-order valence-corrected chi connectivity index (χ4v) is 1.74. The van der Waals surface area contributed by atoms with Gasteiger partial charge in [0.25, 0.3) is 0 Å². The van der Waals surface area contributed by atoms with Crippen LogP contribution in [0.1, 0.15) is 25.7 Å². The monoisotopic (exact) mass is 228 g/mol. The number of unbranched alkanes of at least 4 members (excludes halogenated alkanes) is 3. The van der Waals surface area contributed by atoms with Crippen LogP contribution in [-0.2, 0) is 9.59 Å². The quantitative estimate of drug-likeness (QED) is 0.643. The van der Waals surface area contributed by atoms with Gasteiger partial charge in [-0.1, -0.05) is 12.8 Å². The summed E-state index contributed by atoms with van der Waals surface area (Å²) in [6.45, 7) is 1.31. The summed E-state index contributed by atoms with van der Waals surface area (Å²) in [5.74, 6) is 0.0409. The van der Waals surface area contributed by atoms with Crippen molar-refractivity contribution in [3.63, 3.8) is 0 Å². The second-order valence-corrected chi connectivity index (χ2v) is 4.20. The molecule has 0 spiro atoms. The molecule has 1 aliphatic rings. The Hall–Kier alpha value is -1.10. The first-order valence-corrected chi connectivity index (χ1v) is 5.77. The van der Waals surface area contributed by atoms with E-state index >= 15 is 0 Å². The van der Waals surface area contributed by atoms with Crippen molar-refractivity contribution < 1.29 is 14.7 Å². The predicted molar refractivity (Wildman–Crippen MR) is 59.8 cm³/mol. The second kappa shape index (κ2) is 6.48. The number of amides is 2. The number of hydrogen-bond donors (Lipinski definition) is 1. The summed E-state index contributed by atoms with van der Waals surface area (Å²) in [6.07, 6.45) is 3.69. The standard InChI is InChI=1S/C11H20N2O3/c1-12-8-11(16)13(9-10(12)15)6-4-2-3-5-7-14/h14H,2-9H2,1H3. The van der Waals surface area contributed by atoms with E-state index in [1.54, 1.807) is 11.9 Å². The highest BCUT2D eigenvalue weighted by molar-refractivity contribution is 5.92. The van der Waals surface area contributed by atoms with E-state index in [1.807, 2.05) is 0 Å². The molecule has 0 aromatic heterocycles. The van der Waals surface area contributed by atoms with E-state index in [9.17, 15) is 9.59 Å². The van der Waals surface area contributed by atoms with Crippen molar-refractivity contribution >= 4 is 11.8 Å². The second-order valence-electron chi connectivity index (χ2n) is 4.20. The fourth-order valence-electron chi connectivity index (χ4n) is 1.74. The van der Waals surface area contributed by atoms with Crippen molar-refractivity contribution in [3.8, 4) is 0 Å². The Morgan fingerprint density at radius 2 is 1.75 bits per heavy atom. The van der Waals surface area contributed by atoms with E-state index in [2.05, 4.69) is 0 Å². The summed E-state index contributed by atoms with van der Waals surface area (Å²) in [6, 6.07) is 0. The molecule has 0 atom stereocenters. The number of likely N-dealkylation sites (N-methyl/N-ethyl adjacent to an activating group) is 1. The van der Waals surface area contributed by atoms with Gasteiger partial charge in [-0.25, -0.2) is 0 Å². The van der Waals surface area contributed by atoms with Crippen molar-refractivity contribution in [1.82, 2.24) is 9.80 Å². The van der Waals surface area contributed by atoms with Crippen LogP contribution in [0.2, 0.25) is 0 Å². The maximum atomic E-state index is 11.6. The molecule has 0 aromatic carbocycles. The van der Waals surface area contributed by atoms with E-state index in [4.69, 9.17) is 5.11 Å². The first-order chi connectivity index (χ1) is 7.65. The number of aliphatic hydroxyl groups excluding tert-OH is 1. The van der Waals surface area contributed by atoms with Gasteiger partial charge in [0.05, 0.1) is 13.1 Å². The van der Waals surface area contributed by atoms with Crippen LogP contribution in [0.15, 0.2) is 0 Å². The van der Waals surface area contributed by atoms with Gasteiger partial charge in [-0.3, -0.25) is 9.59 Å². The summed E-state index contributed by atoms with van der Waals surface area (Å²) in [7, 11) is 1.65. The third-order valence-corrected chi connectivity index (χ3v) is 2.81. The van der Waals surface area contributed by atoms with Crippen LogP contribution in [-0.4, -0.2) is 60.0 Å². The molecule has 0 bridgehead atoms. The van der Waals surface area contributed by atoms with Gasteiger partial charge >= 0.3 is 0 Å². The molecule has 1 saturated heterocycles. The molecule has 0 aromatic rings. The molecule has 0 radical (unpaired) electrons. The zero-order chi connectivity index (χ0) is 12.0. The van der Waals surface area contributed by atoms with Gasteiger partial charge in [0.15, 0.2) is 0 Å². The van der Waals surface area contributed by atoms with E-state index in [-0.39, 0.29) is 31.5 Å². The Labute approximate surface area is 96.0 Å². The number of piperazine rings is 1. The number of aliphatic hydroxyl groups is 1. The lowest BCUT2D eigenvalue weighted by Gasteiger charge is -2.31. The van der Waals surface area contributed by atoms with Gasteiger partial charge in [0.1, 0.15) is 0 Å². The topological polar surface area (TPSA) is 60.9 Å². The summed E-state index contributed by atoms with van der Waals surface area (Å²) in [5, 5.41) is 8.61. The van der Waals surface area contributed by atoms with E-state index in [0.717, 1.165) is 25.7 Å². The largest absolute Gasteiger partial charge is 0.396 e. The minimum atomic E-state index is 0.00922. The molecule has 16 heavy (non-hydrogen) atoms. The van der Waals surface area contributed by atoms with Crippen LogP contribution < -0.4 is 0 Å². The highest BCUT2D eigenvalue weighted by Gasteiger charge is 2.26. The molecule has 1 rings (SSSR count). The Morgan fingerprint density at radius 3 is 2.44 bits per heavy atom. The number of nitrogens with zero attached hydrogens (tertiary/aromatic N) is 2. The molecule has 0 saturated carbocycles. The maximum absolute atomic E-state index is 11.6. The highest BCUT2D eigenvalue weighted by Crippen LogP contribution is 2.06. The van der Waals surface area contributed by atoms with Crippen LogP contribution >= 0.6 is 0 Å². The predicted octanol–water partition coefficient (Wildman–Crippen LogP) is -0.160.